The van der Waals surface area contributed by atoms with Gasteiger partial charge in [-0.05, 0) is 18.8 Å². The number of nitrogens with two attached hydrogens (primary N) is 1. The van der Waals surface area contributed by atoms with Crippen LogP contribution in [-0.2, 0) is 24.2 Å². The summed E-state index contributed by atoms with van der Waals surface area (Å²) in [4.78, 5) is 10.9. The lowest BCUT2D eigenvalue weighted by Gasteiger charge is -2.04. The van der Waals surface area contributed by atoms with E-state index < -0.39 is 0 Å². The number of carbonyl (C=O) groups excluding carboxylic acids is 1. The minimum atomic E-state index is -0.344. The van der Waals surface area contributed by atoms with Gasteiger partial charge in [-0.1, -0.05) is 25.0 Å². The standard InChI is InChI=1S/C11H18N4O/c1-2-10-9(7-11(12)16)13-14-15(10)6-5-8-3-4-8/h8H,2-7H2,1H3,(H2,12,16). The number of aryl methyl sites for hydroxylation is 1. The van der Waals surface area contributed by atoms with Gasteiger partial charge in [-0.2, -0.15) is 0 Å². The van der Waals surface area contributed by atoms with Crippen LogP contribution in [0.2, 0.25) is 0 Å². The van der Waals surface area contributed by atoms with Crippen molar-refractivity contribution in [3.05, 3.63) is 11.4 Å². The third-order valence-corrected chi connectivity index (χ3v) is 3.04. The van der Waals surface area contributed by atoms with E-state index in [1.54, 1.807) is 0 Å². The first-order valence-corrected chi connectivity index (χ1v) is 5.90. The highest BCUT2D eigenvalue weighted by atomic mass is 16.1. The lowest BCUT2D eigenvalue weighted by atomic mass is 10.2. The highest BCUT2D eigenvalue weighted by molar-refractivity contribution is 5.76. The first kappa shape index (κ1) is 11.1. The Morgan fingerprint density at radius 1 is 1.56 bits per heavy atom. The van der Waals surface area contributed by atoms with Gasteiger partial charge in [-0.25, -0.2) is 4.68 Å². The zero-order chi connectivity index (χ0) is 11.5. The van der Waals surface area contributed by atoms with Crippen molar-refractivity contribution in [2.45, 2.75) is 45.6 Å². The summed E-state index contributed by atoms with van der Waals surface area (Å²) >= 11 is 0. The molecule has 1 saturated carbocycles. The molecule has 5 nitrogen and oxygen atoms in total. The number of nitrogens with zero attached hydrogens (tertiary/aromatic N) is 3. The summed E-state index contributed by atoms with van der Waals surface area (Å²) in [5.41, 5.74) is 6.97. The summed E-state index contributed by atoms with van der Waals surface area (Å²) in [6.45, 7) is 2.97. The van der Waals surface area contributed by atoms with Crippen LogP contribution in [-0.4, -0.2) is 20.9 Å². The Hall–Kier alpha value is -1.39. The van der Waals surface area contributed by atoms with Crippen LogP contribution in [0.3, 0.4) is 0 Å². The van der Waals surface area contributed by atoms with E-state index >= 15 is 0 Å². The summed E-state index contributed by atoms with van der Waals surface area (Å²) < 4.78 is 1.93. The van der Waals surface area contributed by atoms with E-state index in [0.29, 0.717) is 0 Å². The number of hydrogen-bond donors (Lipinski definition) is 1. The first-order valence-electron chi connectivity index (χ1n) is 5.90. The molecule has 2 rings (SSSR count). The third-order valence-electron chi connectivity index (χ3n) is 3.04. The Morgan fingerprint density at radius 3 is 2.88 bits per heavy atom. The van der Waals surface area contributed by atoms with Crippen LogP contribution in [0, 0.1) is 5.92 Å². The number of amides is 1. The fourth-order valence-corrected chi connectivity index (χ4v) is 1.95. The molecule has 5 heteroatoms. The second kappa shape index (κ2) is 4.63. The number of rotatable bonds is 6. The van der Waals surface area contributed by atoms with Crippen molar-refractivity contribution in [3.63, 3.8) is 0 Å². The Bertz CT molecular complexity index is 381. The van der Waals surface area contributed by atoms with Gasteiger partial charge in [0.2, 0.25) is 5.91 Å². The molecule has 1 aromatic rings. The molecule has 0 aromatic carbocycles. The smallest absolute Gasteiger partial charge is 0.223 e. The van der Waals surface area contributed by atoms with Crippen molar-refractivity contribution in [1.82, 2.24) is 15.0 Å². The molecular formula is C11H18N4O. The van der Waals surface area contributed by atoms with Crippen molar-refractivity contribution < 1.29 is 4.79 Å². The topological polar surface area (TPSA) is 73.8 Å². The molecule has 0 aliphatic heterocycles. The Kier molecular flexibility index (Phi) is 3.22. The average molecular weight is 222 g/mol. The van der Waals surface area contributed by atoms with Gasteiger partial charge in [0.25, 0.3) is 0 Å². The summed E-state index contributed by atoms with van der Waals surface area (Å²) in [5.74, 6) is 0.539. The van der Waals surface area contributed by atoms with Crippen LogP contribution in [0.5, 0.6) is 0 Å². The predicted octanol–water partition coefficient (Wildman–Crippen LogP) is 0.668. The fourth-order valence-electron chi connectivity index (χ4n) is 1.95. The Labute approximate surface area is 95.0 Å². The largest absolute Gasteiger partial charge is 0.369 e. The van der Waals surface area contributed by atoms with Gasteiger partial charge in [0.15, 0.2) is 0 Å². The maximum atomic E-state index is 10.9. The molecule has 1 aliphatic rings. The number of aromatic nitrogens is 3. The van der Waals surface area contributed by atoms with Gasteiger partial charge in [-0.15, -0.1) is 5.10 Å². The maximum absolute atomic E-state index is 10.9. The zero-order valence-corrected chi connectivity index (χ0v) is 9.65. The van der Waals surface area contributed by atoms with Gasteiger partial charge in [0.05, 0.1) is 17.8 Å². The van der Waals surface area contributed by atoms with Gasteiger partial charge < -0.3 is 5.73 Å². The van der Waals surface area contributed by atoms with Crippen molar-refractivity contribution >= 4 is 5.91 Å². The minimum absolute atomic E-state index is 0.201. The Morgan fingerprint density at radius 2 is 2.31 bits per heavy atom. The average Bonchev–Trinajstić information content (AvgIpc) is 2.98. The van der Waals surface area contributed by atoms with Crippen molar-refractivity contribution in [2.75, 3.05) is 0 Å². The molecule has 0 saturated heterocycles. The first-order chi connectivity index (χ1) is 7.70. The van der Waals surface area contributed by atoms with E-state index in [4.69, 9.17) is 5.73 Å². The molecule has 16 heavy (non-hydrogen) atoms. The van der Waals surface area contributed by atoms with Crippen LogP contribution in [0.1, 0.15) is 37.6 Å². The van der Waals surface area contributed by atoms with E-state index in [9.17, 15) is 4.79 Å². The zero-order valence-electron chi connectivity index (χ0n) is 9.65. The molecule has 1 amide bonds. The van der Waals surface area contributed by atoms with E-state index in [1.807, 2.05) is 4.68 Å². The molecule has 1 heterocycles. The highest BCUT2D eigenvalue weighted by Crippen LogP contribution is 2.32. The number of carbonyl (C=O) groups is 1. The van der Waals surface area contributed by atoms with E-state index in [-0.39, 0.29) is 12.3 Å². The quantitative estimate of drug-likeness (QED) is 0.768. The predicted molar refractivity (Wildman–Crippen MR) is 59.6 cm³/mol. The molecular weight excluding hydrogens is 204 g/mol. The number of primary amides is 1. The van der Waals surface area contributed by atoms with Gasteiger partial charge in [-0.3, -0.25) is 4.79 Å². The molecule has 1 fully saturated rings. The Balaban J connectivity index is 2.04. The van der Waals surface area contributed by atoms with Crippen LogP contribution < -0.4 is 5.73 Å². The molecule has 0 radical (unpaired) electrons. The van der Waals surface area contributed by atoms with Gasteiger partial charge >= 0.3 is 0 Å². The molecule has 0 unspecified atom stereocenters. The van der Waals surface area contributed by atoms with Crippen LogP contribution in [0.25, 0.3) is 0 Å². The molecule has 88 valence electrons. The summed E-state index contributed by atoms with van der Waals surface area (Å²) in [6.07, 6.45) is 4.92. The fraction of sp³-hybridized carbons (Fsp3) is 0.727. The molecule has 2 N–H and O–H groups in total. The normalized spacial score (nSPS) is 15.3. The molecule has 1 aromatic heterocycles. The summed E-state index contributed by atoms with van der Waals surface area (Å²) in [5, 5.41) is 8.14. The van der Waals surface area contributed by atoms with Crippen LogP contribution in [0.4, 0.5) is 0 Å². The van der Waals surface area contributed by atoms with Gasteiger partial charge in [0, 0.05) is 6.54 Å². The van der Waals surface area contributed by atoms with Crippen LogP contribution in [0.15, 0.2) is 0 Å². The number of hydrogen-bond acceptors (Lipinski definition) is 3. The molecule has 0 bridgehead atoms. The van der Waals surface area contributed by atoms with Gasteiger partial charge in [0.1, 0.15) is 0 Å². The summed E-state index contributed by atoms with van der Waals surface area (Å²) in [7, 11) is 0. The van der Waals surface area contributed by atoms with Crippen molar-refractivity contribution in [1.29, 1.82) is 0 Å². The lowest BCUT2D eigenvalue weighted by molar-refractivity contribution is -0.117. The SMILES string of the molecule is CCc1c(CC(N)=O)nnn1CCC1CC1. The van der Waals surface area contributed by atoms with Crippen LogP contribution >= 0.6 is 0 Å². The lowest BCUT2D eigenvalue weighted by Crippen LogP contribution is -2.15. The maximum Gasteiger partial charge on any atom is 0.223 e. The molecule has 1 aliphatic carbocycles. The van der Waals surface area contributed by atoms with Crippen molar-refractivity contribution in [2.24, 2.45) is 11.7 Å². The minimum Gasteiger partial charge on any atom is -0.369 e. The van der Waals surface area contributed by atoms with E-state index in [1.165, 1.54) is 19.3 Å². The second-order valence-electron chi connectivity index (χ2n) is 4.43. The van der Waals surface area contributed by atoms with E-state index in [2.05, 4.69) is 17.2 Å². The molecule has 0 spiro atoms. The molecule has 0 atom stereocenters. The monoisotopic (exact) mass is 222 g/mol. The third kappa shape index (κ3) is 2.59. The highest BCUT2D eigenvalue weighted by Gasteiger charge is 2.22. The second-order valence-corrected chi connectivity index (χ2v) is 4.43. The van der Waals surface area contributed by atoms with Crippen molar-refractivity contribution in [3.8, 4) is 0 Å². The summed E-state index contributed by atoms with van der Waals surface area (Å²) in [6, 6.07) is 0. The van der Waals surface area contributed by atoms with E-state index in [0.717, 1.165) is 30.3 Å².